The van der Waals surface area contributed by atoms with Gasteiger partial charge in [0.2, 0.25) is 0 Å². The van der Waals surface area contributed by atoms with E-state index >= 15 is 0 Å². The second kappa shape index (κ2) is 9.95. The Balaban J connectivity index is 2.54. The SMILES string of the molecule is C=CCNc1cccc(OC)c1C(/C=C/c1ccccc1)O[Si](C)(C)C(C)(C)C. The van der Waals surface area contributed by atoms with Crippen molar-refractivity contribution in [3.05, 3.63) is 78.4 Å². The Morgan fingerprint density at radius 3 is 2.34 bits per heavy atom. The molecule has 1 atom stereocenters. The summed E-state index contributed by atoms with van der Waals surface area (Å²) in [5.41, 5.74) is 3.17. The van der Waals surface area contributed by atoms with Crippen LogP contribution in [0.3, 0.4) is 0 Å². The van der Waals surface area contributed by atoms with Crippen molar-refractivity contribution >= 4 is 20.1 Å². The Kier molecular flexibility index (Phi) is 7.88. The first-order chi connectivity index (χ1) is 13.7. The molecule has 0 amide bonds. The molecule has 0 aliphatic carbocycles. The molecule has 3 nitrogen and oxygen atoms in total. The van der Waals surface area contributed by atoms with Gasteiger partial charge in [0, 0.05) is 17.8 Å². The fourth-order valence-corrected chi connectivity index (χ4v) is 3.99. The van der Waals surface area contributed by atoms with Crippen LogP contribution in [0.2, 0.25) is 18.1 Å². The highest BCUT2D eigenvalue weighted by molar-refractivity contribution is 6.74. The molecule has 0 aliphatic heterocycles. The zero-order valence-corrected chi connectivity index (χ0v) is 19.7. The third kappa shape index (κ3) is 6.08. The van der Waals surface area contributed by atoms with Crippen molar-refractivity contribution in [2.45, 2.75) is 45.0 Å². The lowest BCUT2D eigenvalue weighted by atomic mass is 10.0. The van der Waals surface area contributed by atoms with Crippen molar-refractivity contribution in [1.29, 1.82) is 0 Å². The summed E-state index contributed by atoms with van der Waals surface area (Å²) < 4.78 is 12.6. The van der Waals surface area contributed by atoms with Gasteiger partial charge in [0.25, 0.3) is 0 Å². The van der Waals surface area contributed by atoms with Crippen LogP contribution in [0.4, 0.5) is 5.69 Å². The van der Waals surface area contributed by atoms with Crippen molar-refractivity contribution in [3.8, 4) is 5.75 Å². The lowest BCUT2D eigenvalue weighted by Crippen LogP contribution is -2.41. The number of anilines is 1. The van der Waals surface area contributed by atoms with Gasteiger partial charge in [-0.05, 0) is 35.8 Å². The molecule has 0 saturated carbocycles. The second-order valence-electron chi connectivity index (χ2n) is 8.66. The van der Waals surface area contributed by atoms with Gasteiger partial charge < -0.3 is 14.5 Å². The topological polar surface area (TPSA) is 30.5 Å². The average Bonchev–Trinajstić information content (AvgIpc) is 2.69. The second-order valence-corrected chi connectivity index (χ2v) is 13.4. The fourth-order valence-electron chi connectivity index (χ4n) is 2.80. The van der Waals surface area contributed by atoms with Crippen molar-refractivity contribution in [1.82, 2.24) is 0 Å². The smallest absolute Gasteiger partial charge is 0.193 e. The first-order valence-corrected chi connectivity index (χ1v) is 13.0. The van der Waals surface area contributed by atoms with Crippen LogP contribution >= 0.6 is 0 Å². The van der Waals surface area contributed by atoms with Crippen LogP contribution in [0.5, 0.6) is 5.75 Å². The van der Waals surface area contributed by atoms with E-state index in [2.05, 4.69) is 76.1 Å². The minimum atomic E-state index is -2.03. The predicted molar refractivity (Wildman–Crippen MR) is 128 cm³/mol. The van der Waals surface area contributed by atoms with E-state index in [1.165, 1.54) is 0 Å². The largest absolute Gasteiger partial charge is 0.496 e. The summed E-state index contributed by atoms with van der Waals surface area (Å²) in [7, 11) is -0.325. The summed E-state index contributed by atoms with van der Waals surface area (Å²) in [4.78, 5) is 0. The molecular weight excluding hydrogens is 374 g/mol. The van der Waals surface area contributed by atoms with E-state index in [1.807, 2.05) is 36.4 Å². The molecule has 1 unspecified atom stereocenters. The summed E-state index contributed by atoms with van der Waals surface area (Å²) in [5, 5.41) is 3.54. The van der Waals surface area contributed by atoms with Gasteiger partial charge in [0.15, 0.2) is 8.32 Å². The summed E-state index contributed by atoms with van der Waals surface area (Å²) >= 11 is 0. The zero-order valence-electron chi connectivity index (χ0n) is 18.7. The van der Waals surface area contributed by atoms with Crippen LogP contribution < -0.4 is 10.1 Å². The molecule has 2 aromatic carbocycles. The Morgan fingerprint density at radius 2 is 1.76 bits per heavy atom. The molecule has 0 aliphatic rings. The number of benzene rings is 2. The van der Waals surface area contributed by atoms with Crippen molar-refractivity contribution < 1.29 is 9.16 Å². The molecule has 0 saturated heterocycles. The molecule has 0 radical (unpaired) electrons. The molecule has 2 rings (SSSR count). The molecule has 29 heavy (non-hydrogen) atoms. The quantitative estimate of drug-likeness (QED) is 0.355. The third-order valence-corrected chi connectivity index (χ3v) is 9.95. The summed E-state index contributed by atoms with van der Waals surface area (Å²) in [6.07, 6.45) is 5.90. The molecule has 0 aromatic heterocycles. The van der Waals surface area contributed by atoms with Crippen LogP contribution in [0.15, 0.2) is 67.3 Å². The van der Waals surface area contributed by atoms with Gasteiger partial charge >= 0.3 is 0 Å². The van der Waals surface area contributed by atoms with Crippen LogP contribution in [-0.4, -0.2) is 22.0 Å². The number of methoxy groups -OCH3 is 1. The summed E-state index contributed by atoms with van der Waals surface area (Å²) in [6, 6.07) is 16.4. The van der Waals surface area contributed by atoms with Crippen molar-refractivity contribution in [2.24, 2.45) is 0 Å². The van der Waals surface area contributed by atoms with E-state index in [-0.39, 0.29) is 11.1 Å². The lowest BCUT2D eigenvalue weighted by molar-refractivity contribution is 0.225. The van der Waals surface area contributed by atoms with Crippen molar-refractivity contribution in [2.75, 3.05) is 19.0 Å². The van der Waals surface area contributed by atoms with Crippen LogP contribution in [0.25, 0.3) is 6.08 Å². The van der Waals surface area contributed by atoms with E-state index < -0.39 is 8.32 Å². The van der Waals surface area contributed by atoms with Crippen LogP contribution in [0.1, 0.15) is 38.0 Å². The minimum Gasteiger partial charge on any atom is -0.496 e. The minimum absolute atomic E-state index is 0.0998. The van der Waals surface area contributed by atoms with E-state index in [0.29, 0.717) is 6.54 Å². The molecule has 0 bridgehead atoms. The van der Waals surface area contributed by atoms with E-state index in [1.54, 1.807) is 7.11 Å². The lowest BCUT2D eigenvalue weighted by Gasteiger charge is -2.39. The molecule has 0 heterocycles. The van der Waals surface area contributed by atoms with E-state index in [4.69, 9.17) is 9.16 Å². The highest BCUT2D eigenvalue weighted by Crippen LogP contribution is 2.43. The van der Waals surface area contributed by atoms with E-state index in [0.717, 1.165) is 22.6 Å². The summed E-state index contributed by atoms with van der Waals surface area (Å²) in [5.74, 6) is 0.820. The summed E-state index contributed by atoms with van der Waals surface area (Å²) in [6.45, 7) is 15.8. The number of rotatable bonds is 9. The first kappa shape index (κ1) is 23.0. The number of hydrogen-bond donors (Lipinski definition) is 1. The number of ether oxygens (including phenoxy) is 1. The Bertz CT molecular complexity index is 822. The molecule has 0 fully saturated rings. The molecule has 0 spiro atoms. The Morgan fingerprint density at radius 1 is 1.07 bits per heavy atom. The zero-order chi connectivity index (χ0) is 21.5. The standard InChI is InChI=1S/C25H35NO2Si/c1-8-19-26-21-15-12-16-22(27-5)24(21)23(28-29(6,7)25(2,3)4)18-17-20-13-10-9-11-14-20/h8-18,23,26H,1,19H2,2-7H3/b18-17+. The van der Waals surface area contributed by atoms with Crippen molar-refractivity contribution in [3.63, 3.8) is 0 Å². The normalized spacial score (nSPS) is 13.3. The van der Waals surface area contributed by atoms with Crippen LogP contribution in [-0.2, 0) is 4.43 Å². The van der Waals surface area contributed by atoms with Gasteiger partial charge in [-0.15, -0.1) is 6.58 Å². The molecule has 156 valence electrons. The van der Waals surface area contributed by atoms with Gasteiger partial charge in [0.05, 0.1) is 13.2 Å². The maximum atomic E-state index is 6.88. The predicted octanol–water partition coefficient (Wildman–Crippen LogP) is 7.07. The Hall–Kier alpha value is -2.30. The highest BCUT2D eigenvalue weighted by Gasteiger charge is 2.39. The number of hydrogen-bond acceptors (Lipinski definition) is 3. The fraction of sp³-hybridized carbons (Fsp3) is 0.360. The molecule has 4 heteroatoms. The molecule has 1 N–H and O–H groups in total. The maximum absolute atomic E-state index is 6.88. The highest BCUT2D eigenvalue weighted by atomic mass is 28.4. The molecular formula is C25H35NO2Si. The Labute approximate surface area is 177 Å². The van der Waals surface area contributed by atoms with Gasteiger partial charge in [0.1, 0.15) is 5.75 Å². The van der Waals surface area contributed by atoms with Gasteiger partial charge in [-0.2, -0.15) is 0 Å². The average molecular weight is 410 g/mol. The van der Waals surface area contributed by atoms with E-state index in [9.17, 15) is 0 Å². The third-order valence-electron chi connectivity index (χ3n) is 5.50. The van der Waals surface area contributed by atoms with Gasteiger partial charge in [-0.25, -0.2) is 0 Å². The molecule has 2 aromatic rings. The van der Waals surface area contributed by atoms with Gasteiger partial charge in [-0.3, -0.25) is 0 Å². The number of nitrogens with one attached hydrogen (secondary N) is 1. The van der Waals surface area contributed by atoms with Gasteiger partial charge in [-0.1, -0.05) is 75.4 Å². The van der Waals surface area contributed by atoms with Crippen LogP contribution in [0, 0.1) is 0 Å². The first-order valence-electron chi connectivity index (χ1n) is 10.1. The monoisotopic (exact) mass is 409 g/mol. The maximum Gasteiger partial charge on any atom is 0.193 e.